The summed E-state index contributed by atoms with van der Waals surface area (Å²) in [5, 5.41) is 21.0. The lowest BCUT2D eigenvalue weighted by Crippen LogP contribution is -2.13. The highest BCUT2D eigenvalue weighted by atomic mass is 16.5. The van der Waals surface area contributed by atoms with Gasteiger partial charge < -0.3 is 28.5 Å². The average Bonchev–Trinajstić information content (AvgIpc) is 2.69. The quantitative estimate of drug-likeness (QED) is 0.611. The molecule has 2 N–H and O–H groups in total. The Morgan fingerprint density at radius 2 is 1.35 bits per heavy atom. The molecule has 2 aromatic heterocycles. The van der Waals surface area contributed by atoms with E-state index in [0.29, 0.717) is 17.1 Å². The minimum Gasteiger partial charge on any atom is -0.502 e. The van der Waals surface area contributed by atoms with Gasteiger partial charge in [-0.2, -0.15) is 0 Å². The highest BCUT2D eigenvalue weighted by Crippen LogP contribution is 2.41. The molecule has 8 heteroatoms. The van der Waals surface area contributed by atoms with E-state index >= 15 is 0 Å². The van der Waals surface area contributed by atoms with E-state index in [0.717, 1.165) is 12.1 Å². The fourth-order valence-electron chi connectivity index (χ4n) is 3.28. The number of aromatic hydroxyl groups is 2. The third-order valence-corrected chi connectivity index (χ3v) is 4.55. The lowest BCUT2D eigenvalue weighted by atomic mass is 9.91. The second-order valence-corrected chi connectivity index (χ2v) is 7.38. The molecule has 31 heavy (non-hydrogen) atoms. The van der Waals surface area contributed by atoms with Crippen LogP contribution in [-0.4, -0.2) is 23.4 Å². The molecule has 3 rings (SSSR count). The van der Waals surface area contributed by atoms with Crippen molar-refractivity contribution in [2.45, 2.75) is 39.7 Å². The molecule has 0 unspecified atom stereocenters. The van der Waals surface area contributed by atoms with Crippen LogP contribution in [0.5, 0.6) is 23.0 Å². The topological polar surface area (TPSA) is 119 Å². The first-order valence-electron chi connectivity index (χ1n) is 9.64. The van der Waals surface area contributed by atoms with Gasteiger partial charge in [0.1, 0.15) is 17.4 Å². The maximum Gasteiger partial charge on any atom is 0.227 e. The Hall–Kier alpha value is -3.68. The van der Waals surface area contributed by atoms with Crippen LogP contribution in [0.4, 0.5) is 0 Å². The molecule has 2 heterocycles. The first-order chi connectivity index (χ1) is 14.6. The van der Waals surface area contributed by atoms with Crippen molar-refractivity contribution in [3.05, 3.63) is 79.4 Å². The molecule has 3 aromatic rings. The molecule has 0 amide bonds. The Kier molecular flexibility index (Phi) is 6.10. The van der Waals surface area contributed by atoms with Crippen LogP contribution < -0.4 is 20.3 Å². The summed E-state index contributed by atoms with van der Waals surface area (Å²) in [6.45, 7) is 6.84. The lowest BCUT2D eigenvalue weighted by Gasteiger charge is -2.20. The van der Waals surface area contributed by atoms with Gasteiger partial charge in [-0.25, -0.2) is 0 Å². The second-order valence-electron chi connectivity index (χ2n) is 7.38. The summed E-state index contributed by atoms with van der Waals surface area (Å²) in [5.41, 5.74) is -0.893. The molecule has 0 fully saturated rings. The van der Waals surface area contributed by atoms with Crippen molar-refractivity contribution in [3.8, 4) is 23.0 Å². The Balaban J connectivity index is 2.33. The first kappa shape index (κ1) is 22.0. The third kappa shape index (κ3) is 4.42. The van der Waals surface area contributed by atoms with Crippen LogP contribution in [0.15, 0.2) is 48.8 Å². The monoisotopic (exact) mass is 428 g/mol. The van der Waals surface area contributed by atoms with E-state index in [1.807, 2.05) is 13.8 Å². The smallest absolute Gasteiger partial charge is 0.227 e. The van der Waals surface area contributed by atoms with Crippen LogP contribution in [0.1, 0.15) is 48.4 Å². The SMILES string of the molecule is COc1cc(C(c2oc(C)cc(=O)c2O)c2oc(C)cc(=O)c2O)ccc1OC(C)C. The lowest BCUT2D eigenvalue weighted by molar-refractivity contribution is 0.230. The largest absolute Gasteiger partial charge is 0.502 e. The van der Waals surface area contributed by atoms with Crippen molar-refractivity contribution < 1.29 is 28.5 Å². The van der Waals surface area contributed by atoms with Gasteiger partial charge in [-0.05, 0) is 45.4 Å². The van der Waals surface area contributed by atoms with Gasteiger partial charge in [0.15, 0.2) is 23.0 Å². The molecular weight excluding hydrogens is 404 g/mol. The normalized spacial score (nSPS) is 11.2. The molecule has 0 aliphatic heterocycles. The highest BCUT2D eigenvalue weighted by Gasteiger charge is 2.31. The van der Waals surface area contributed by atoms with Gasteiger partial charge in [-0.15, -0.1) is 0 Å². The summed E-state index contributed by atoms with van der Waals surface area (Å²) in [6.07, 6.45) is -0.103. The predicted octanol–water partition coefficient (Wildman–Crippen LogP) is 3.60. The van der Waals surface area contributed by atoms with Crippen LogP contribution >= 0.6 is 0 Å². The van der Waals surface area contributed by atoms with Gasteiger partial charge in [0.2, 0.25) is 22.4 Å². The Morgan fingerprint density at radius 3 is 1.81 bits per heavy atom. The van der Waals surface area contributed by atoms with Crippen LogP contribution in [0.25, 0.3) is 0 Å². The fraction of sp³-hybridized carbons (Fsp3) is 0.304. The summed E-state index contributed by atoms with van der Waals surface area (Å²) in [5.74, 6) is -1.43. The zero-order chi connectivity index (χ0) is 22.9. The minimum absolute atomic E-state index is 0.103. The zero-order valence-electron chi connectivity index (χ0n) is 17.9. The molecule has 0 bridgehead atoms. The molecule has 0 spiro atoms. The van der Waals surface area contributed by atoms with E-state index in [1.165, 1.54) is 7.11 Å². The Bertz CT molecular complexity index is 1150. The number of aryl methyl sites for hydroxylation is 2. The Labute approximate surface area is 178 Å². The third-order valence-electron chi connectivity index (χ3n) is 4.55. The molecule has 1 aromatic carbocycles. The first-order valence-corrected chi connectivity index (χ1v) is 9.64. The summed E-state index contributed by atoms with van der Waals surface area (Å²) in [6, 6.07) is 7.18. The number of ether oxygens (including phenoxy) is 2. The molecule has 164 valence electrons. The number of hydrogen-bond donors (Lipinski definition) is 2. The number of hydrogen-bond acceptors (Lipinski definition) is 8. The maximum atomic E-state index is 12.2. The Morgan fingerprint density at radius 1 is 0.839 bits per heavy atom. The van der Waals surface area contributed by atoms with Gasteiger partial charge in [-0.3, -0.25) is 9.59 Å². The van der Waals surface area contributed by atoms with Gasteiger partial charge in [-0.1, -0.05) is 6.07 Å². The van der Waals surface area contributed by atoms with Gasteiger partial charge >= 0.3 is 0 Å². The summed E-state index contributed by atoms with van der Waals surface area (Å²) in [4.78, 5) is 24.5. The van der Waals surface area contributed by atoms with Crippen molar-refractivity contribution in [2.75, 3.05) is 7.11 Å². The summed E-state index contributed by atoms with van der Waals surface area (Å²) < 4.78 is 22.5. The van der Waals surface area contributed by atoms with Crippen LogP contribution in [0.2, 0.25) is 0 Å². The van der Waals surface area contributed by atoms with Crippen LogP contribution in [0, 0.1) is 13.8 Å². The molecule has 0 radical (unpaired) electrons. The molecule has 0 atom stereocenters. The number of benzene rings is 1. The van der Waals surface area contributed by atoms with Crippen molar-refractivity contribution in [1.29, 1.82) is 0 Å². The molecule has 0 saturated heterocycles. The van der Waals surface area contributed by atoms with Gasteiger partial charge in [0, 0.05) is 12.1 Å². The second kappa shape index (κ2) is 8.59. The van der Waals surface area contributed by atoms with E-state index < -0.39 is 28.3 Å². The maximum absolute atomic E-state index is 12.2. The molecular formula is C23H24O8. The molecule has 8 nitrogen and oxygen atoms in total. The highest BCUT2D eigenvalue weighted by molar-refractivity contribution is 5.51. The average molecular weight is 428 g/mol. The summed E-state index contributed by atoms with van der Waals surface area (Å²) in [7, 11) is 1.47. The standard InChI is InChI=1S/C23H24O8/c1-11(2)29-17-7-6-14(10-18(17)28-5)19(22-20(26)15(24)8-12(3)30-22)23-21(27)16(25)9-13(4)31-23/h6-11,19,26-27H,1-5H3. The van der Waals surface area contributed by atoms with Crippen molar-refractivity contribution in [1.82, 2.24) is 0 Å². The minimum atomic E-state index is -1.11. The predicted molar refractivity (Wildman–Crippen MR) is 112 cm³/mol. The fourth-order valence-corrected chi connectivity index (χ4v) is 3.28. The van der Waals surface area contributed by atoms with E-state index in [1.54, 1.807) is 32.0 Å². The van der Waals surface area contributed by atoms with Crippen LogP contribution in [0.3, 0.4) is 0 Å². The molecule has 0 aliphatic carbocycles. The molecule has 0 saturated carbocycles. The zero-order valence-corrected chi connectivity index (χ0v) is 17.9. The summed E-state index contributed by atoms with van der Waals surface area (Å²) >= 11 is 0. The van der Waals surface area contributed by atoms with E-state index in [9.17, 15) is 19.8 Å². The number of methoxy groups -OCH3 is 1. The van der Waals surface area contributed by atoms with E-state index in [4.69, 9.17) is 18.3 Å². The molecule has 0 aliphatic rings. The van der Waals surface area contributed by atoms with Gasteiger partial charge in [0.25, 0.3) is 0 Å². The van der Waals surface area contributed by atoms with Crippen LogP contribution in [-0.2, 0) is 0 Å². The number of rotatable bonds is 6. The van der Waals surface area contributed by atoms with Crippen molar-refractivity contribution in [2.24, 2.45) is 0 Å². The van der Waals surface area contributed by atoms with E-state index in [2.05, 4.69) is 0 Å². The van der Waals surface area contributed by atoms with E-state index in [-0.39, 0.29) is 29.1 Å². The van der Waals surface area contributed by atoms with Gasteiger partial charge in [0.05, 0.1) is 13.2 Å². The van der Waals surface area contributed by atoms with Crippen molar-refractivity contribution >= 4 is 0 Å². The van der Waals surface area contributed by atoms with Crippen molar-refractivity contribution in [3.63, 3.8) is 0 Å².